The monoisotopic (exact) mass is 390 g/mol. The number of ether oxygens (including phenoxy) is 1. The number of nitrogens with zero attached hydrogens (tertiary/aromatic N) is 2. The second-order valence-electron chi connectivity index (χ2n) is 5.55. The molecule has 7 nitrogen and oxygen atoms in total. The van der Waals surface area contributed by atoms with Crippen molar-refractivity contribution < 1.29 is 19.2 Å². The zero-order chi connectivity index (χ0) is 18.7. The predicted octanol–water partition coefficient (Wildman–Crippen LogP) is 3.69. The number of non-ortho nitro benzene ring substituents is 1. The van der Waals surface area contributed by atoms with Crippen LogP contribution < -0.4 is 0 Å². The summed E-state index contributed by atoms with van der Waals surface area (Å²) in [5.74, 6) is -0.924. The van der Waals surface area contributed by atoms with Crippen molar-refractivity contribution in [1.82, 2.24) is 4.90 Å². The van der Waals surface area contributed by atoms with Crippen LogP contribution in [0.1, 0.15) is 15.2 Å². The summed E-state index contributed by atoms with van der Waals surface area (Å²) in [5.41, 5.74) is 0.976. The Balaban J connectivity index is 1.61. The SMILES string of the molecule is CN(Cc1ccsc1)C(=O)COC(=O)c1cc2cc([N+](=O)[O-])ccc2s1. The molecule has 0 aliphatic carbocycles. The van der Waals surface area contributed by atoms with Gasteiger partial charge in [-0.2, -0.15) is 11.3 Å². The van der Waals surface area contributed by atoms with Crippen molar-refractivity contribution in [3.63, 3.8) is 0 Å². The van der Waals surface area contributed by atoms with Crippen LogP contribution in [0.5, 0.6) is 0 Å². The summed E-state index contributed by atoms with van der Waals surface area (Å²) in [6.07, 6.45) is 0. The second kappa shape index (κ2) is 7.63. The van der Waals surface area contributed by atoms with Gasteiger partial charge in [0.15, 0.2) is 6.61 Å². The molecule has 1 amide bonds. The molecule has 0 atom stereocenters. The van der Waals surface area contributed by atoms with E-state index in [0.29, 0.717) is 16.8 Å². The molecule has 0 unspecified atom stereocenters. The third-order valence-corrected chi connectivity index (χ3v) is 5.49. The summed E-state index contributed by atoms with van der Waals surface area (Å²) in [5, 5.41) is 15.3. The van der Waals surface area contributed by atoms with E-state index in [1.807, 2.05) is 16.8 Å². The van der Waals surface area contributed by atoms with Gasteiger partial charge in [0.2, 0.25) is 0 Å². The predicted molar refractivity (Wildman–Crippen MR) is 99.6 cm³/mol. The number of carbonyl (C=O) groups is 2. The number of benzene rings is 1. The van der Waals surface area contributed by atoms with Gasteiger partial charge in [0.25, 0.3) is 11.6 Å². The highest BCUT2D eigenvalue weighted by Gasteiger charge is 2.17. The van der Waals surface area contributed by atoms with Crippen molar-refractivity contribution in [1.29, 1.82) is 0 Å². The molecule has 9 heteroatoms. The number of rotatable bonds is 6. The maximum Gasteiger partial charge on any atom is 0.348 e. The number of esters is 1. The standard InChI is InChI=1S/C17H14N2O5S2/c1-18(8-11-4-5-25-10-11)16(20)9-24-17(21)15-7-12-6-13(19(22)23)2-3-14(12)26-15/h2-7,10H,8-9H2,1H3. The van der Waals surface area contributed by atoms with E-state index >= 15 is 0 Å². The van der Waals surface area contributed by atoms with Crippen LogP contribution >= 0.6 is 22.7 Å². The fourth-order valence-electron chi connectivity index (χ4n) is 2.30. The van der Waals surface area contributed by atoms with Crippen LogP contribution in [0, 0.1) is 10.1 Å². The first kappa shape index (κ1) is 18.0. The van der Waals surface area contributed by atoms with Crippen molar-refractivity contribution in [2.24, 2.45) is 0 Å². The Labute approximate surface area is 156 Å². The molecule has 0 aliphatic rings. The quantitative estimate of drug-likeness (QED) is 0.364. The Hall–Kier alpha value is -2.78. The molecule has 0 saturated heterocycles. The molecular formula is C17H14N2O5S2. The molecule has 3 aromatic rings. The van der Waals surface area contributed by atoms with E-state index in [-0.39, 0.29) is 18.2 Å². The van der Waals surface area contributed by atoms with E-state index < -0.39 is 10.9 Å². The number of nitro groups is 1. The lowest BCUT2D eigenvalue weighted by molar-refractivity contribution is -0.384. The van der Waals surface area contributed by atoms with Gasteiger partial charge in [0, 0.05) is 35.8 Å². The molecule has 3 rings (SSSR count). The van der Waals surface area contributed by atoms with E-state index in [0.717, 1.165) is 10.3 Å². The average Bonchev–Trinajstić information content (AvgIpc) is 3.27. The van der Waals surface area contributed by atoms with Crippen LogP contribution in [0.3, 0.4) is 0 Å². The summed E-state index contributed by atoms with van der Waals surface area (Å²) >= 11 is 2.72. The number of carbonyl (C=O) groups excluding carboxylic acids is 2. The lowest BCUT2D eigenvalue weighted by atomic mass is 10.2. The van der Waals surface area contributed by atoms with Crippen LogP contribution in [0.4, 0.5) is 5.69 Å². The number of thiophene rings is 2. The minimum atomic E-state index is -0.619. The van der Waals surface area contributed by atoms with E-state index in [1.165, 1.54) is 34.4 Å². The van der Waals surface area contributed by atoms with E-state index in [2.05, 4.69) is 0 Å². The number of fused-ring (bicyclic) bond motifs is 1. The molecule has 2 heterocycles. The summed E-state index contributed by atoms with van der Waals surface area (Å²) < 4.78 is 5.83. The second-order valence-corrected chi connectivity index (χ2v) is 7.41. The average molecular weight is 390 g/mol. The van der Waals surface area contributed by atoms with Crippen molar-refractivity contribution in [3.05, 3.63) is 61.6 Å². The number of likely N-dealkylation sites (N-methyl/N-ethyl adjacent to an activating group) is 1. The minimum absolute atomic E-state index is 0.0412. The molecule has 2 aromatic heterocycles. The molecule has 0 N–H and O–H groups in total. The van der Waals surface area contributed by atoms with Crippen LogP contribution in [0.25, 0.3) is 10.1 Å². The molecular weight excluding hydrogens is 376 g/mol. The molecule has 0 saturated carbocycles. The lowest BCUT2D eigenvalue weighted by Crippen LogP contribution is -2.30. The highest BCUT2D eigenvalue weighted by atomic mass is 32.1. The molecule has 1 aromatic carbocycles. The molecule has 26 heavy (non-hydrogen) atoms. The van der Waals surface area contributed by atoms with Crippen LogP contribution in [0.15, 0.2) is 41.1 Å². The number of nitro benzene ring substituents is 1. The summed E-state index contributed by atoms with van der Waals surface area (Å²) in [6.45, 7) is 0.0975. The van der Waals surface area contributed by atoms with Gasteiger partial charge in [-0.1, -0.05) is 0 Å². The highest BCUT2D eigenvalue weighted by Crippen LogP contribution is 2.29. The molecule has 0 fully saturated rings. The van der Waals surface area contributed by atoms with Crippen LogP contribution in [-0.4, -0.2) is 35.4 Å². The maximum atomic E-state index is 12.2. The maximum absolute atomic E-state index is 12.2. The number of amides is 1. The minimum Gasteiger partial charge on any atom is -0.451 e. The third-order valence-electron chi connectivity index (χ3n) is 3.66. The Morgan fingerprint density at radius 2 is 2.08 bits per heavy atom. The van der Waals surface area contributed by atoms with Crippen molar-refractivity contribution in [2.45, 2.75) is 6.54 Å². The van der Waals surface area contributed by atoms with Crippen molar-refractivity contribution >= 4 is 50.3 Å². The largest absolute Gasteiger partial charge is 0.451 e. The van der Waals surface area contributed by atoms with Gasteiger partial charge in [-0.3, -0.25) is 14.9 Å². The summed E-state index contributed by atoms with van der Waals surface area (Å²) in [6, 6.07) is 7.85. The van der Waals surface area contributed by atoms with Gasteiger partial charge in [0.1, 0.15) is 4.88 Å². The van der Waals surface area contributed by atoms with Gasteiger partial charge < -0.3 is 9.64 Å². The van der Waals surface area contributed by atoms with Crippen molar-refractivity contribution in [2.75, 3.05) is 13.7 Å². The van der Waals surface area contributed by atoms with Crippen molar-refractivity contribution in [3.8, 4) is 0 Å². The molecule has 0 spiro atoms. The first-order chi connectivity index (χ1) is 12.4. The van der Waals surface area contributed by atoms with Crippen LogP contribution in [-0.2, 0) is 16.1 Å². The lowest BCUT2D eigenvalue weighted by Gasteiger charge is -2.16. The number of hydrogen-bond donors (Lipinski definition) is 0. The number of hydrogen-bond acceptors (Lipinski definition) is 7. The first-order valence-corrected chi connectivity index (χ1v) is 9.30. The highest BCUT2D eigenvalue weighted by molar-refractivity contribution is 7.20. The first-order valence-electron chi connectivity index (χ1n) is 7.54. The Kier molecular flexibility index (Phi) is 5.29. The van der Waals surface area contributed by atoms with Gasteiger partial charge in [-0.25, -0.2) is 4.79 Å². The summed E-state index contributed by atoms with van der Waals surface area (Å²) in [7, 11) is 1.65. The fraction of sp³-hybridized carbons (Fsp3) is 0.176. The third kappa shape index (κ3) is 4.06. The van der Waals surface area contributed by atoms with Gasteiger partial charge in [-0.05, 0) is 34.5 Å². The zero-order valence-electron chi connectivity index (χ0n) is 13.7. The Bertz CT molecular complexity index is 965. The topological polar surface area (TPSA) is 89.8 Å². The molecule has 134 valence electrons. The fourth-order valence-corrected chi connectivity index (χ4v) is 3.89. The molecule has 0 aliphatic heterocycles. The zero-order valence-corrected chi connectivity index (χ0v) is 15.3. The Morgan fingerprint density at radius 1 is 1.27 bits per heavy atom. The van der Waals surface area contributed by atoms with E-state index in [4.69, 9.17) is 4.74 Å². The summed E-state index contributed by atoms with van der Waals surface area (Å²) in [4.78, 5) is 36.4. The van der Waals surface area contributed by atoms with E-state index in [9.17, 15) is 19.7 Å². The molecule has 0 bridgehead atoms. The van der Waals surface area contributed by atoms with Gasteiger partial charge in [-0.15, -0.1) is 11.3 Å². The van der Waals surface area contributed by atoms with E-state index in [1.54, 1.807) is 24.5 Å². The van der Waals surface area contributed by atoms with Gasteiger partial charge in [0.05, 0.1) is 4.92 Å². The van der Waals surface area contributed by atoms with Crippen LogP contribution in [0.2, 0.25) is 0 Å². The Morgan fingerprint density at radius 3 is 2.77 bits per heavy atom. The molecule has 0 radical (unpaired) electrons. The normalized spacial score (nSPS) is 10.7. The smallest absolute Gasteiger partial charge is 0.348 e. The van der Waals surface area contributed by atoms with Gasteiger partial charge >= 0.3 is 5.97 Å².